The van der Waals surface area contributed by atoms with Gasteiger partial charge in [-0.1, -0.05) is 38.3 Å². The SMILES string of the molecule is CCC(CC)C(O)CNC(=O)c1c(C)nn(C)c1Cl. The van der Waals surface area contributed by atoms with Gasteiger partial charge in [0.25, 0.3) is 5.91 Å². The van der Waals surface area contributed by atoms with Crippen LogP contribution in [0.4, 0.5) is 0 Å². The molecule has 0 bridgehead atoms. The zero-order chi connectivity index (χ0) is 14.6. The molecular weight excluding hydrogens is 266 g/mol. The Morgan fingerprint density at radius 2 is 2.05 bits per heavy atom. The summed E-state index contributed by atoms with van der Waals surface area (Å²) in [5, 5.41) is 17.1. The number of hydrogen-bond donors (Lipinski definition) is 2. The van der Waals surface area contributed by atoms with Crippen LogP contribution in [-0.4, -0.2) is 33.4 Å². The summed E-state index contributed by atoms with van der Waals surface area (Å²) in [6.07, 6.45) is 1.25. The Balaban J connectivity index is 2.66. The summed E-state index contributed by atoms with van der Waals surface area (Å²) >= 11 is 6.02. The van der Waals surface area contributed by atoms with Crippen LogP contribution in [0, 0.1) is 12.8 Å². The predicted molar refractivity (Wildman–Crippen MR) is 75.4 cm³/mol. The van der Waals surface area contributed by atoms with E-state index in [1.54, 1.807) is 14.0 Å². The van der Waals surface area contributed by atoms with E-state index < -0.39 is 6.10 Å². The zero-order valence-electron chi connectivity index (χ0n) is 11.9. The molecule has 0 radical (unpaired) electrons. The molecule has 0 saturated carbocycles. The summed E-state index contributed by atoms with van der Waals surface area (Å²) in [4.78, 5) is 12.0. The van der Waals surface area contributed by atoms with E-state index in [2.05, 4.69) is 10.4 Å². The molecule has 0 spiro atoms. The summed E-state index contributed by atoms with van der Waals surface area (Å²) in [6, 6.07) is 0. The molecule has 0 aliphatic carbocycles. The number of halogens is 1. The predicted octanol–water partition coefficient (Wildman–Crippen LogP) is 1.91. The molecule has 1 rings (SSSR count). The van der Waals surface area contributed by atoms with Crippen molar-refractivity contribution in [3.63, 3.8) is 0 Å². The fourth-order valence-electron chi connectivity index (χ4n) is 2.17. The van der Waals surface area contributed by atoms with Crippen molar-refractivity contribution in [2.45, 2.75) is 39.7 Å². The van der Waals surface area contributed by atoms with Gasteiger partial charge >= 0.3 is 0 Å². The van der Waals surface area contributed by atoms with Gasteiger partial charge in [0.2, 0.25) is 0 Å². The third kappa shape index (κ3) is 3.70. The highest BCUT2D eigenvalue weighted by molar-refractivity contribution is 6.33. The number of aliphatic hydroxyl groups is 1. The molecule has 0 saturated heterocycles. The highest BCUT2D eigenvalue weighted by atomic mass is 35.5. The van der Waals surface area contributed by atoms with Crippen LogP contribution in [0.3, 0.4) is 0 Å². The van der Waals surface area contributed by atoms with Crippen LogP contribution in [0.5, 0.6) is 0 Å². The molecule has 2 N–H and O–H groups in total. The Morgan fingerprint density at radius 1 is 1.47 bits per heavy atom. The number of nitrogens with one attached hydrogen (secondary N) is 1. The molecule has 1 aromatic heterocycles. The van der Waals surface area contributed by atoms with Crippen LogP contribution >= 0.6 is 11.6 Å². The second-order valence-electron chi connectivity index (χ2n) is 4.73. The van der Waals surface area contributed by atoms with Gasteiger partial charge in [0, 0.05) is 13.6 Å². The maximum absolute atomic E-state index is 12.0. The van der Waals surface area contributed by atoms with Crippen molar-refractivity contribution in [1.29, 1.82) is 0 Å². The van der Waals surface area contributed by atoms with E-state index in [0.29, 0.717) is 16.4 Å². The van der Waals surface area contributed by atoms with E-state index in [0.717, 1.165) is 12.8 Å². The van der Waals surface area contributed by atoms with Crippen LogP contribution in [0.15, 0.2) is 0 Å². The van der Waals surface area contributed by atoms with Crippen LogP contribution in [0.2, 0.25) is 5.15 Å². The first kappa shape index (κ1) is 16.0. The minimum absolute atomic E-state index is 0.200. The Labute approximate surface area is 118 Å². The number of amides is 1. The molecule has 1 amide bonds. The Bertz CT molecular complexity index is 441. The number of aryl methyl sites for hydroxylation is 2. The molecule has 0 aliphatic rings. The topological polar surface area (TPSA) is 67.2 Å². The van der Waals surface area contributed by atoms with Gasteiger partial charge in [-0.25, -0.2) is 0 Å². The minimum atomic E-state index is -0.533. The van der Waals surface area contributed by atoms with Crippen LogP contribution in [0.25, 0.3) is 0 Å². The van der Waals surface area contributed by atoms with E-state index in [1.165, 1.54) is 4.68 Å². The molecule has 1 aromatic rings. The fourth-order valence-corrected chi connectivity index (χ4v) is 2.43. The molecule has 5 nitrogen and oxygen atoms in total. The van der Waals surface area contributed by atoms with Gasteiger partial charge in [-0.15, -0.1) is 0 Å². The van der Waals surface area contributed by atoms with E-state index >= 15 is 0 Å². The van der Waals surface area contributed by atoms with Crippen LogP contribution in [-0.2, 0) is 7.05 Å². The van der Waals surface area contributed by atoms with E-state index in [-0.39, 0.29) is 18.4 Å². The monoisotopic (exact) mass is 287 g/mol. The Hall–Kier alpha value is -1.07. The number of carbonyl (C=O) groups is 1. The lowest BCUT2D eigenvalue weighted by Crippen LogP contribution is -2.36. The summed E-state index contributed by atoms with van der Waals surface area (Å²) in [5.74, 6) is -0.0913. The second kappa shape index (κ2) is 6.91. The molecule has 6 heteroatoms. The average molecular weight is 288 g/mol. The van der Waals surface area contributed by atoms with Crippen LogP contribution in [0.1, 0.15) is 42.7 Å². The van der Waals surface area contributed by atoms with Gasteiger partial charge in [-0.2, -0.15) is 5.10 Å². The Morgan fingerprint density at radius 3 is 2.47 bits per heavy atom. The standard InChI is InChI=1S/C13H22ClN3O2/c1-5-9(6-2)10(18)7-15-13(19)11-8(3)16-17(4)12(11)14/h9-10,18H,5-7H2,1-4H3,(H,15,19). The molecule has 19 heavy (non-hydrogen) atoms. The molecule has 1 heterocycles. The smallest absolute Gasteiger partial charge is 0.256 e. The summed E-state index contributed by atoms with van der Waals surface area (Å²) in [7, 11) is 1.69. The zero-order valence-corrected chi connectivity index (χ0v) is 12.7. The highest BCUT2D eigenvalue weighted by Gasteiger charge is 2.21. The largest absolute Gasteiger partial charge is 0.391 e. The van der Waals surface area contributed by atoms with Crippen molar-refractivity contribution < 1.29 is 9.90 Å². The molecule has 1 atom stereocenters. The second-order valence-corrected chi connectivity index (χ2v) is 5.09. The van der Waals surface area contributed by atoms with Crippen molar-refractivity contribution in [1.82, 2.24) is 15.1 Å². The van der Waals surface area contributed by atoms with Crippen molar-refractivity contribution >= 4 is 17.5 Å². The molecular formula is C13H22ClN3O2. The van der Waals surface area contributed by atoms with E-state index in [1.807, 2.05) is 13.8 Å². The molecule has 1 unspecified atom stereocenters. The lowest BCUT2D eigenvalue weighted by molar-refractivity contribution is 0.0816. The molecule has 0 aliphatic heterocycles. The van der Waals surface area contributed by atoms with E-state index in [9.17, 15) is 9.90 Å². The van der Waals surface area contributed by atoms with Crippen molar-refractivity contribution in [3.8, 4) is 0 Å². The number of hydrogen-bond acceptors (Lipinski definition) is 3. The number of rotatable bonds is 6. The van der Waals surface area contributed by atoms with Crippen molar-refractivity contribution in [3.05, 3.63) is 16.4 Å². The van der Waals surface area contributed by atoms with Gasteiger partial charge in [-0.05, 0) is 12.8 Å². The average Bonchev–Trinajstić information content (AvgIpc) is 2.62. The number of aromatic nitrogens is 2. The number of aliphatic hydroxyl groups excluding tert-OH is 1. The first-order valence-corrected chi connectivity index (χ1v) is 6.95. The van der Waals surface area contributed by atoms with Gasteiger partial charge in [-0.3, -0.25) is 9.48 Å². The first-order chi connectivity index (χ1) is 8.92. The first-order valence-electron chi connectivity index (χ1n) is 6.57. The maximum Gasteiger partial charge on any atom is 0.256 e. The van der Waals surface area contributed by atoms with Gasteiger partial charge in [0.15, 0.2) is 0 Å². The van der Waals surface area contributed by atoms with Gasteiger partial charge in [0.05, 0.1) is 17.4 Å². The van der Waals surface area contributed by atoms with Crippen molar-refractivity contribution in [2.75, 3.05) is 6.54 Å². The quantitative estimate of drug-likeness (QED) is 0.840. The fraction of sp³-hybridized carbons (Fsp3) is 0.692. The lowest BCUT2D eigenvalue weighted by atomic mass is 9.96. The highest BCUT2D eigenvalue weighted by Crippen LogP contribution is 2.18. The summed E-state index contributed by atoms with van der Waals surface area (Å²) in [5.41, 5.74) is 0.961. The van der Waals surface area contributed by atoms with Crippen LogP contribution < -0.4 is 5.32 Å². The Kier molecular flexibility index (Phi) is 5.82. The third-order valence-electron chi connectivity index (χ3n) is 3.44. The van der Waals surface area contributed by atoms with Gasteiger partial charge in [0.1, 0.15) is 5.15 Å². The van der Waals surface area contributed by atoms with Crippen molar-refractivity contribution in [2.24, 2.45) is 13.0 Å². The normalized spacial score (nSPS) is 12.8. The number of carbonyl (C=O) groups excluding carboxylic acids is 1. The van der Waals surface area contributed by atoms with Gasteiger partial charge < -0.3 is 10.4 Å². The maximum atomic E-state index is 12.0. The summed E-state index contributed by atoms with van der Waals surface area (Å²) < 4.78 is 1.46. The summed E-state index contributed by atoms with van der Waals surface area (Å²) in [6.45, 7) is 6.02. The number of nitrogens with zero attached hydrogens (tertiary/aromatic N) is 2. The lowest BCUT2D eigenvalue weighted by Gasteiger charge is -2.20. The molecule has 108 valence electrons. The minimum Gasteiger partial charge on any atom is -0.391 e. The van der Waals surface area contributed by atoms with E-state index in [4.69, 9.17) is 11.6 Å². The molecule has 0 aromatic carbocycles. The third-order valence-corrected chi connectivity index (χ3v) is 3.88. The molecule has 0 fully saturated rings.